The molecule has 0 radical (unpaired) electrons. The lowest BCUT2D eigenvalue weighted by Gasteiger charge is -2.23. The molecule has 1 aliphatic rings. The Kier molecular flexibility index (Phi) is 5.95. The first kappa shape index (κ1) is 19.3. The highest BCUT2D eigenvalue weighted by atomic mass is 32.2. The zero-order chi connectivity index (χ0) is 20.1. The number of nitrogens with zero attached hydrogens (tertiary/aromatic N) is 3. The lowest BCUT2D eigenvalue weighted by Crippen LogP contribution is -2.47. The molecule has 4 rings (SSSR count). The largest absolute Gasteiger partial charge is 0.354 e. The van der Waals surface area contributed by atoms with Crippen LogP contribution in [-0.4, -0.2) is 50.7 Å². The number of amides is 2. The Morgan fingerprint density at radius 2 is 1.86 bits per heavy atom. The monoisotopic (exact) mass is 406 g/mol. The fourth-order valence-corrected chi connectivity index (χ4v) is 4.45. The molecule has 0 spiro atoms. The molecule has 2 aromatic carbocycles. The van der Waals surface area contributed by atoms with Gasteiger partial charge in [0.15, 0.2) is 0 Å². The van der Waals surface area contributed by atoms with Crippen LogP contribution in [0, 0.1) is 0 Å². The van der Waals surface area contributed by atoms with Crippen LogP contribution in [0.15, 0.2) is 73.1 Å². The van der Waals surface area contributed by atoms with Crippen molar-refractivity contribution < 1.29 is 9.59 Å². The quantitative estimate of drug-likeness (QED) is 0.684. The van der Waals surface area contributed by atoms with Crippen molar-refractivity contribution in [3.8, 4) is 5.69 Å². The second-order valence-electron chi connectivity index (χ2n) is 6.81. The SMILES string of the molecule is O=C(NCCc1ccc(-n2cccn2)cc1)C1CSCN1C(=O)c1ccccc1. The molecule has 1 fully saturated rings. The van der Waals surface area contributed by atoms with E-state index < -0.39 is 6.04 Å². The first-order chi connectivity index (χ1) is 14.2. The predicted molar refractivity (Wildman–Crippen MR) is 114 cm³/mol. The van der Waals surface area contributed by atoms with Gasteiger partial charge in [0.05, 0.1) is 11.6 Å². The molecule has 0 bridgehead atoms. The van der Waals surface area contributed by atoms with Crippen LogP contribution in [0.2, 0.25) is 0 Å². The molecule has 148 valence electrons. The van der Waals surface area contributed by atoms with Gasteiger partial charge in [0.2, 0.25) is 5.91 Å². The van der Waals surface area contributed by atoms with E-state index in [9.17, 15) is 9.59 Å². The smallest absolute Gasteiger partial charge is 0.255 e. The summed E-state index contributed by atoms with van der Waals surface area (Å²) in [5, 5.41) is 7.20. The highest BCUT2D eigenvalue weighted by Crippen LogP contribution is 2.23. The topological polar surface area (TPSA) is 67.2 Å². The molecule has 0 aliphatic carbocycles. The number of thioether (sulfide) groups is 1. The Hall–Kier alpha value is -3.06. The van der Waals surface area contributed by atoms with Crippen molar-refractivity contribution in [3.05, 3.63) is 84.2 Å². The van der Waals surface area contributed by atoms with E-state index in [-0.39, 0.29) is 11.8 Å². The van der Waals surface area contributed by atoms with E-state index in [0.29, 0.717) is 23.7 Å². The first-order valence-corrected chi connectivity index (χ1v) is 10.7. The number of hydrogen-bond acceptors (Lipinski definition) is 4. The van der Waals surface area contributed by atoms with Gasteiger partial charge in [0, 0.05) is 30.3 Å². The van der Waals surface area contributed by atoms with E-state index in [4.69, 9.17) is 0 Å². The standard InChI is InChI=1S/C22H22N4O2S/c27-21(20-15-29-16-25(20)22(28)18-5-2-1-3-6-18)23-13-11-17-7-9-19(10-8-17)26-14-4-12-24-26/h1-10,12,14,20H,11,13,15-16H2,(H,23,27). The van der Waals surface area contributed by atoms with Crippen molar-refractivity contribution in [2.45, 2.75) is 12.5 Å². The molecule has 1 atom stereocenters. The number of benzene rings is 2. The minimum atomic E-state index is -0.421. The predicted octanol–water partition coefficient (Wildman–Crippen LogP) is 2.75. The summed E-state index contributed by atoms with van der Waals surface area (Å²) in [6.07, 6.45) is 4.38. The minimum absolute atomic E-state index is 0.0903. The van der Waals surface area contributed by atoms with Gasteiger partial charge in [-0.1, -0.05) is 30.3 Å². The van der Waals surface area contributed by atoms with Gasteiger partial charge in [-0.05, 0) is 42.3 Å². The maximum absolute atomic E-state index is 12.7. The summed E-state index contributed by atoms with van der Waals surface area (Å²) >= 11 is 1.61. The number of carbonyl (C=O) groups excluding carboxylic acids is 2. The zero-order valence-corrected chi connectivity index (χ0v) is 16.7. The second-order valence-corrected chi connectivity index (χ2v) is 7.81. The van der Waals surface area contributed by atoms with E-state index in [1.165, 1.54) is 0 Å². The van der Waals surface area contributed by atoms with Gasteiger partial charge < -0.3 is 10.2 Å². The van der Waals surface area contributed by atoms with Crippen molar-refractivity contribution in [2.24, 2.45) is 0 Å². The Balaban J connectivity index is 1.30. The van der Waals surface area contributed by atoms with Gasteiger partial charge in [-0.15, -0.1) is 11.8 Å². The summed E-state index contributed by atoms with van der Waals surface area (Å²) in [5.74, 6) is 0.987. The van der Waals surface area contributed by atoms with Crippen molar-refractivity contribution in [1.29, 1.82) is 0 Å². The lowest BCUT2D eigenvalue weighted by molar-refractivity contribution is -0.124. The highest BCUT2D eigenvalue weighted by Gasteiger charge is 2.34. The molecule has 1 unspecified atom stereocenters. The van der Waals surface area contributed by atoms with Crippen LogP contribution in [0.4, 0.5) is 0 Å². The number of rotatable bonds is 6. The van der Waals surface area contributed by atoms with Crippen LogP contribution in [-0.2, 0) is 11.2 Å². The molecule has 0 saturated carbocycles. The van der Waals surface area contributed by atoms with Gasteiger partial charge in [-0.2, -0.15) is 5.10 Å². The molecule has 6 nitrogen and oxygen atoms in total. The average molecular weight is 407 g/mol. The van der Waals surface area contributed by atoms with Crippen molar-refractivity contribution in [3.63, 3.8) is 0 Å². The summed E-state index contributed by atoms with van der Waals surface area (Å²) in [6, 6.07) is 18.7. The Morgan fingerprint density at radius 1 is 1.07 bits per heavy atom. The molecule has 2 amide bonds. The lowest BCUT2D eigenvalue weighted by atomic mass is 10.1. The molecular formula is C22H22N4O2S. The molecular weight excluding hydrogens is 384 g/mol. The zero-order valence-electron chi connectivity index (χ0n) is 15.9. The average Bonchev–Trinajstić information content (AvgIpc) is 3.46. The van der Waals surface area contributed by atoms with Crippen LogP contribution in [0.1, 0.15) is 15.9 Å². The van der Waals surface area contributed by atoms with E-state index in [1.807, 2.05) is 59.4 Å². The number of nitrogens with one attached hydrogen (secondary N) is 1. The van der Waals surface area contributed by atoms with Crippen LogP contribution in [0.25, 0.3) is 5.69 Å². The molecule has 1 saturated heterocycles. The normalized spacial score (nSPS) is 16.0. The minimum Gasteiger partial charge on any atom is -0.354 e. The molecule has 1 aromatic heterocycles. The van der Waals surface area contributed by atoms with Gasteiger partial charge in [0.25, 0.3) is 5.91 Å². The highest BCUT2D eigenvalue weighted by molar-refractivity contribution is 7.99. The number of aromatic nitrogens is 2. The molecule has 1 N–H and O–H groups in total. The van der Waals surface area contributed by atoms with Crippen LogP contribution >= 0.6 is 11.8 Å². The Morgan fingerprint density at radius 3 is 2.59 bits per heavy atom. The van der Waals surface area contributed by atoms with Crippen molar-refractivity contribution in [2.75, 3.05) is 18.2 Å². The van der Waals surface area contributed by atoms with Gasteiger partial charge >= 0.3 is 0 Å². The fourth-order valence-electron chi connectivity index (χ4n) is 3.29. The summed E-state index contributed by atoms with van der Waals surface area (Å²) in [7, 11) is 0. The van der Waals surface area contributed by atoms with Crippen LogP contribution < -0.4 is 5.32 Å². The third-order valence-corrected chi connectivity index (χ3v) is 5.90. The molecule has 1 aliphatic heterocycles. The van der Waals surface area contributed by atoms with Gasteiger partial charge in [-0.25, -0.2) is 4.68 Å². The van der Waals surface area contributed by atoms with Crippen LogP contribution in [0.5, 0.6) is 0 Å². The summed E-state index contributed by atoms with van der Waals surface area (Å²) in [6.45, 7) is 0.536. The number of carbonyl (C=O) groups is 2. The molecule has 7 heteroatoms. The maximum Gasteiger partial charge on any atom is 0.255 e. The third kappa shape index (κ3) is 4.51. The van der Waals surface area contributed by atoms with Gasteiger partial charge in [0.1, 0.15) is 6.04 Å². The number of hydrogen-bond donors (Lipinski definition) is 1. The van der Waals surface area contributed by atoms with Gasteiger partial charge in [-0.3, -0.25) is 9.59 Å². The maximum atomic E-state index is 12.7. The summed E-state index contributed by atoms with van der Waals surface area (Å²) < 4.78 is 1.81. The van der Waals surface area contributed by atoms with E-state index in [2.05, 4.69) is 10.4 Å². The van der Waals surface area contributed by atoms with E-state index in [0.717, 1.165) is 17.7 Å². The van der Waals surface area contributed by atoms with E-state index in [1.54, 1.807) is 35.0 Å². The first-order valence-electron chi connectivity index (χ1n) is 9.53. The van der Waals surface area contributed by atoms with Crippen molar-refractivity contribution >= 4 is 23.6 Å². The molecule has 2 heterocycles. The van der Waals surface area contributed by atoms with Crippen LogP contribution in [0.3, 0.4) is 0 Å². The molecule has 29 heavy (non-hydrogen) atoms. The van der Waals surface area contributed by atoms with Crippen molar-refractivity contribution in [1.82, 2.24) is 20.0 Å². The molecule has 3 aromatic rings. The van der Waals surface area contributed by atoms with E-state index >= 15 is 0 Å². The third-order valence-electron chi connectivity index (χ3n) is 4.88. The fraction of sp³-hybridized carbons (Fsp3) is 0.227. The second kappa shape index (κ2) is 8.96. The Labute approximate surface area is 173 Å². The summed E-state index contributed by atoms with van der Waals surface area (Å²) in [4.78, 5) is 27.0. The Bertz CT molecular complexity index is 958. The summed E-state index contributed by atoms with van der Waals surface area (Å²) in [5.41, 5.74) is 2.75.